The van der Waals surface area contributed by atoms with Gasteiger partial charge < -0.3 is 10.4 Å². The molecule has 0 radical (unpaired) electrons. The lowest BCUT2D eigenvalue weighted by atomic mass is 10.0. The van der Waals surface area contributed by atoms with Gasteiger partial charge in [0.2, 0.25) is 0 Å². The first-order valence-electron chi connectivity index (χ1n) is 10.0. The van der Waals surface area contributed by atoms with Crippen LogP contribution >= 0.6 is 0 Å². The number of carbonyl (C=O) groups is 1. The van der Waals surface area contributed by atoms with Gasteiger partial charge in [0.25, 0.3) is 5.91 Å². The molecule has 0 fully saturated rings. The maximum atomic E-state index is 12.2. The third kappa shape index (κ3) is 8.80. The SMILES string of the molecule is CCCCCC#Cc1cccc(NC(=O)C(C)(C)O)c1C#CCCCCC. The van der Waals surface area contributed by atoms with Gasteiger partial charge in [-0.1, -0.05) is 69.3 Å². The number of carbonyl (C=O) groups excluding carboxylic acids is 1. The molecule has 1 amide bonds. The second-order valence-electron chi connectivity index (χ2n) is 7.26. The first-order valence-corrected chi connectivity index (χ1v) is 10.0. The minimum Gasteiger partial charge on any atom is -0.381 e. The predicted molar refractivity (Wildman–Crippen MR) is 113 cm³/mol. The van der Waals surface area contributed by atoms with Gasteiger partial charge in [0.1, 0.15) is 5.60 Å². The highest BCUT2D eigenvalue weighted by atomic mass is 16.3. The number of aliphatic hydroxyl groups is 1. The smallest absolute Gasteiger partial charge is 0.255 e. The van der Waals surface area contributed by atoms with Crippen LogP contribution in [0.1, 0.15) is 90.2 Å². The monoisotopic (exact) mass is 367 g/mol. The van der Waals surface area contributed by atoms with Crippen molar-refractivity contribution >= 4 is 11.6 Å². The van der Waals surface area contributed by atoms with Gasteiger partial charge in [-0.15, -0.1) is 0 Å². The van der Waals surface area contributed by atoms with E-state index in [1.165, 1.54) is 26.7 Å². The fraction of sp³-hybridized carbons (Fsp3) is 0.542. The summed E-state index contributed by atoms with van der Waals surface area (Å²) in [5, 5.41) is 12.7. The first-order chi connectivity index (χ1) is 12.9. The van der Waals surface area contributed by atoms with Crippen molar-refractivity contribution in [2.24, 2.45) is 0 Å². The van der Waals surface area contributed by atoms with E-state index in [1.807, 2.05) is 18.2 Å². The Bertz CT molecular complexity index is 721. The summed E-state index contributed by atoms with van der Waals surface area (Å²) in [4.78, 5) is 12.2. The molecule has 3 nitrogen and oxygen atoms in total. The number of nitrogens with one attached hydrogen (secondary N) is 1. The number of unbranched alkanes of at least 4 members (excludes halogenated alkanes) is 6. The quantitative estimate of drug-likeness (QED) is 0.486. The van der Waals surface area contributed by atoms with E-state index < -0.39 is 11.5 Å². The van der Waals surface area contributed by atoms with Crippen LogP contribution in [0, 0.1) is 23.7 Å². The second-order valence-corrected chi connectivity index (χ2v) is 7.26. The highest BCUT2D eigenvalue weighted by molar-refractivity contribution is 5.97. The average molecular weight is 368 g/mol. The molecule has 2 N–H and O–H groups in total. The van der Waals surface area contributed by atoms with Gasteiger partial charge in [-0.05, 0) is 38.8 Å². The maximum absolute atomic E-state index is 12.2. The van der Waals surface area contributed by atoms with Crippen LogP contribution in [0.2, 0.25) is 0 Å². The second kappa shape index (κ2) is 12.2. The molecule has 1 aromatic carbocycles. The third-order valence-corrected chi connectivity index (χ3v) is 4.12. The Kier molecular flexibility index (Phi) is 10.3. The summed E-state index contributed by atoms with van der Waals surface area (Å²) in [5.41, 5.74) is 0.705. The van der Waals surface area contributed by atoms with Gasteiger partial charge in [0, 0.05) is 18.4 Å². The molecule has 0 atom stereocenters. The minimum absolute atomic E-state index is 0.454. The van der Waals surface area contributed by atoms with Crippen molar-refractivity contribution in [3.63, 3.8) is 0 Å². The Balaban J connectivity index is 3.09. The number of amides is 1. The van der Waals surface area contributed by atoms with Crippen LogP contribution in [0.15, 0.2) is 18.2 Å². The standard InChI is InChI=1S/C24H33NO2/c1-5-7-9-11-13-16-20-17-15-19-22(25-23(26)24(3,4)27)21(20)18-14-12-10-8-6-2/h15,17,19,27H,5-12H2,1-4H3,(H,25,26). The summed E-state index contributed by atoms with van der Waals surface area (Å²) < 4.78 is 0. The van der Waals surface area contributed by atoms with Crippen molar-refractivity contribution in [3.05, 3.63) is 29.3 Å². The Morgan fingerprint density at radius 2 is 1.59 bits per heavy atom. The van der Waals surface area contributed by atoms with E-state index in [4.69, 9.17) is 0 Å². The Morgan fingerprint density at radius 3 is 2.15 bits per heavy atom. The molecule has 0 bridgehead atoms. The molecule has 0 unspecified atom stereocenters. The number of anilines is 1. The molecule has 1 aromatic rings. The molecule has 146 valence electrons. The van der Waals surface area contributed by atoms with Gasteiger partial charge >= 0.3 is 0 Å². The maximum Gasteiger partial charge on any atom is 0.255 e. The summed E-state index contributed by atoms with van der Waals surface area (Å²) in [6, 6.07) is 5.60. The lowest BCUT2D eigenvalue weighted by Crippen LogP contribution is -2.36. The molecule has 0 aromatic heterocycles. The Labute approximate surface area is 165 Å². The van der Waals surface area contributed by atoms with Crippen molar-refractivity contribution in [1.29, 1.82) is 0 Å². The summed E-state index contributed by atoms with van der Waals surface area (Å²) >= 11 is 0. The van der Waals surface area contributed by atoms with Gasteiger partial charge in [0.05, 0.1) is 11.3 Å². The molecular formula is C24H33NO2. The molecule has 0 saturated carbocycles. The fourth-order valence-electron chi connectivity index (χ4n) is 2.41. The van der Waals surface area contributed by atoms with Gasteiger partial charge in [-0.25, -0.2) is 0 Å². The first kappa shape index (κ1) is 22.8. The van der Waals surface area contributed by atoms with Gasteiger partial charge in [-0.2, -0.15) is 0 Å². The van der Waals surface area contributed by atoms with Crippen LogP contribution in [0.25, 0.3) is 0 Å². The van der Waals surface area contributed by atoms with E-state index in [0.717, 1.165) is 49.7 Å². The molecule has 1 rings (SSSR count). The molecule has 0 aliphatic heterocycles. The predicted octanol–water partition coefficient (Wildman–Crippen LogP) is 5.26. The van der Waals surface area contributed by atoms with Gasteiger partial charge in [0.15, 0.2) is 0 Å². The normalized spacial score (nSPS) is 10.4. The van der Waals surface area contributed by atoms with E-state index in [1.54, 1.807) is 0 Å². The molecule has 3 heteroatoms. The minimum atomic E-state index is -1.45. The molecule has 0 aliphatic carbocycles. The van der Waals surface area contributed by atoms with Crippen LogP contribution in [0.3, 0.4) is 0 Å². The summed E-state index contributed by atoms with van der Waals surface area (Å²) in [6.45, 7) is 7.28. The van der Waals surface area contributed by atoms with Crippen LogP contribution in [0.4, 0.5) is 5.69 Å². The summed E-state index contributed by atoms with van der Waals surface area (Å²) in [6.07, 6.45) is 8.53. The van der Waals surface area contributed by atoms with E-state index in [-0.39, 0.29) is 0 Å². The summed E-state index contributed by atoms with van der Waals surface area (Å²) in [7, 11) is 0. The zero-order valence-corrected chi connectivity index (χ0v) is 17.2. The highest BCUT2D eigenvalue weighted by Gasteiger charge is 2.24. The molecule has 0 spiro atoms. The van der Waals surface area contributed by atoms with Crippen molar-refractivity contribution in [1.82, 2.24) is 0 Å². The largest absolute Gasteiger partial charge is 0.381 e. The number of hydrogen-bond acceptors (Lipinski definition) is 2. The van der Waals surface area contributed by atoms with Crippen LogP contribution in [-0.2, 0) is 4.79 Å². The zero-order valence-electron chi connectivity index (χ0n) is 17.2. The molecule has 0 aliphatic rings. The van der Waals surface area contributed by atoms with Crippen molar-refractivity contribution in [3.8, 4) is 23.7 Å². The van der Waals surface area contributed by atoms with Crippen LogP contribution in [0.5, 0.6) is 0 Å². The lowest BCUT2D eigenvalue weighted by Gasteiger charge is -2.17. The van der Waals surface area contributed by atoms with Crippen molar-refractivity contribution in [2.75, 3.05) is 5.32 Å². The molecule has 27 heavy (non-hydrogen) atoms. The van der Waals surface area contributed by atoms with E-state index >= 15 is 0 Å². The fourth-order valence-corrected chi connectivity index (χ4v) is 2.41. The topological polar surface area (TPSA) is 49.3 Å². The van der Waals surface area contributed by atoms with Gasteiger partial charge in [-0.3, -0.25) is 4.79 Å². The molecule has 0 heterocycles. The summed E-state index contributed by atoms with van der Waals surface area (Å²) in [5.74, 6) is 12.4. The van der Waals surface area contributed by atoms with Crippen molar-refractivity contribution in [2.45, 2.75) is 84.7 Å². The lowest BCUT2D eigenvalue weighted by molar-refractivity contribution is -0.130. The van der Waals surface area contributed by atoms with Crippen LogP contribution < -0.4 is 5.32 Å². The van der Waals surface area contributed by atoms with Crippen LogP contribution in [-0.4, -0.2) is 16.6 Å². The molecular weight excluding hydrogens is 334 g/mol. The number of rotatable bonds is 8. The third-order valence-electron chi connectivity index (χ3n) is 4.12. The number of benzene rings is 1. The van der Waals surface area contributed by atoms with E-state index in [0.29, 0.717) is 5.69 Å². The highest BCUT2D eigenvalue weighted by Crippen LogP contribution is 2.20. The zero-order chi connectivity index (χ0) is 20.1. The molecule has 0 saturated heterocycles. The Morgan fingerprint density at radius 1 is 1.00 bits per heavy atom. The van der Waals surface area contributed by atoms with E-state index in [2.05, 4.69) is 42.8 Å². The van der Waals surface area contributed by atoms with E-state index in [9.17, 15) is 9.90 Å². The Hall–Kier alpha value is -2.23. The number of hydrogen-bond donors (Lipinski definition) is 2. The van der Waals surface area contributed by atoms with Crippen molar-refractivity contribution < 1.29 is 9.90 Å². The average Bonchev–Trinajstić information content (AvgIpc) is 2.62.